The van der Waals surface area contributed by atoms with Gasteiger partial charge in [0.1, 0.15) is 0 Å². The van der Waals surface area contributed by atoms with Gasteiger partial charge in [-0.1, -0.05) is 12.8 Å². The summed E-state index contributed by atoms with van der Waals surface area (Å²) in [5.74, 6) is 0. The summed E-state index contributed by atoms with van der Waals surface area (Å²) in [7, 11) is 0. The van der Waals surface area contributed by atoms with Crippen molar-refractivity contribution < 1.29 is 5.11 Å². The van der Waals surface area contributed by atoms with Crippen LogP contribution in [0.5, 0.6) is 0 Å². The first-order valence-electron chi connectivity index (χ1n) is 6.80. The van der Waals surface area contributed by atoms with Crippen LogP contribution in [0.25, 0.3) is 0 Å². The van der Waals surface area contributed by atoms with Gasteiger partial charge in [0.05, 0.1) is 5.60 Å². The molecular formula is C13H26N2O. The van der Waals surface area contributed by atoms with Gasteiger partial charge < -0.3 is 10.8 Å². The molecule has 0 aromatic carbocycles. The summed E-state index contributed by atoms with van der Waals surface area (Å²) in [6.07, 6.45) is 7.99. The molecule has 3 N–H and O–H groups in total. The van der Waals surface area contributed by atoms with E-state index in [1.54, 1.807) is 0 Å². The molecule has 3 heteroatoms. The highest BCUT2D eigenvalue weighted by atomic mass is 16.3. The minimum absolute atomic E-state index is 0.358. The zero-order chi connectivity index (χ0) is 11.6. The summed E-state index contributed by atoms with van der Waals surface area (Å²) >= 11 is 0. The summed E-state index contributed by atoms with van der Waals surface area (Å²) in [5, 5.41) is 10.1. The molecule has 3 atom stereocenters. The number of aliphatic hydroxyl groups is 1. The molecule has 1 heterocycles. The maximum atomic E-state index is 10.1. The van der Waals surface area contributed by atoms with Crippen LogP contribution < -0.4 is 5.73 Å². The standard InChI is InChI=1S/C13H26N2O/c1-13(16)7-4-9-15(10-8-13)12-6-3-2-5-11(12)14/h11-12,16H,2-10,14H2,1H3. The molecule has 0 radical (unpaired) electrons. The van der Waals surface area contributed by atoms with Crippen molar-refractivity contribution in [3.63, 3.8) is 0 Å². The van der Waals surface area contributed by atoms with E-state index in [9.17, 15) is 5.11 Å². The highest BCUT2D eigenvalue weighted by Gasteiger charge is 2.31. The van der Waals surface area contributed by atoms with Crippen molar-refractivity contribution in [1.29, 1.82) is 0 Å². The first-order valence-corrected chi connectivity index (χ1v) is 6.80. The second-order valence-electron chi connectivity index (χ2n) is 5.90. The van der Waals surface area contributed by atoms with Crippen molar-refractivity contribution in [2.24, 2.45) is 5.73 Å². The van der Waals surface area contributed by atoms with Crippen molar-refractivity contribution in [3.8, 4) is 0 Å². The maximum Gasteiger partial charge on any atom is 0.0632 e. The number of rotatable bonds is 1. The Morgan fingerprint density at radius 1 is 1.12 bits per heavy atom. The van der Waals surface area contributed by atoms with E-state index in [0.29, 0.717) is 12.1 Å². The fourth-order valence-electron chi connectivity index (χ4n) is 3.21. The van der Waals surface area contributed by atoms with E-state index in [0.717, 1.165) is 32.4 Å². The Morgan fingerprint density at radius 3 is 2.62 bits per heavy atom. The van der Waals surface area contributed by atoms with Crippen LogP contribution in [-0.2, 0) is 0 Å². The molecule has 1 aliphatic carbocycles. The van der Waals surface area contributed by atoms with Crippen LogP contribution >= 0.6 is 0 Å². The quantitative estimate of drug-likeness (QED) is 0.712. The van der Waals surface area contributed by atoms with Crippen LogP contribution in [0.4, 0.5) is 0 Å². The Kier molecular flexibility index (Phi) is 3.88. The summed E-state index contributed by atoms with van der Waals surface area (Å²) in [6, 6.07) is 0.930. The molecule has 2 fully saturated rings. The fraction of sp³-hybridized carbons (Fsp3) is 1.00. The van der Waals surface area contributed by atoms with Crippen molar-refractivity contribution >= 4 is 0 Å². The zero-order valence-corrected chi connectivity index (χ0v) is 10.5. The zero-order valence-electron chi connectivity index (χ0n) is 10.5. The predicted octanol–water partition coefficient (Wildman–Crippen LogP) is 1.49. The monoisotopic (exact) mass is 226 g/mol. The second-order valence-corrected chi connectivity index (χ2v) is 5.90. The summed E-state index contributed by atoms with van der Waals surface area (Å²) in [5.41, 5.74) is 5.77. The number of hydrogen-bond acceptors (Lipinski definition) is 3. The molecule has 1 aliphatic heterocycles. The Morgan fingerprint density at radius 2 is 1.88 bits per heavy atom. The molecule has 2 aliphatic rings. The van der Waals surface area contributed by atoms with Gasteiger partial charge in [0.25, 0.3) is 0 Å². The lowest BCUT2D eigenvalue weighted by molar-refractivity contribution is 0.0411. The molecule has 3 unspecified atom stereocenters. The molecule has 1 saturated carbocycles. The Bertz CT molecular complexity index is 230. The topological polar surface area (TPSA) is 49.5 Å². The number of nitrogens with two attached hydrogens (primary N) is 1. The smallest absolute Gasteiger partial charge is 0.0632 e. The van der Waals surface area contributed by atoms with Crippen LogP contribution in [0.3, 0.4) is 0 Å². The highest BCUT2D eigenvalue weighted by molar-refractivity contribution is 4.89. The third-order valence-electron chi connectivity index (χ3n) is 4.35. The van der Waals surface area contributed by atoms with Gasteiger partial charge in [0, 0.05) is 18.6 Å². The third-order valence-corrected chi connectivity index (χ3v) is 4.35. The van der Waals surface area contributed by atoms with Gasteiger partial charge in [-0.25, -0.2) is 0 Å². The minimum Gasteiger partial charge on any atom is -0.390 e. The Balaban J connectivity index is 1.93. The van der Waals surface area contributed by atoms with E-state index in [-0.39, 0.29) is 0 Å². The lowest BCUT2D eigenvalue weighted by atomic mass is 9.89. The van der Waals surface area contributed by atoms with Crippen LogP contribution in [-0.4, -0.2) is 40.8 Å². The average Bonchev–Trinajstić information content (AvgIpc) is 2.40. The predicted molar refractivity (Wildman–Crippen MR) is 66.3 cm³/mol. The molecule has 0 aromatic heterocycles. The third kappa shape index (κ3) is 2.96. The van der Waals surface area contributed by atoms with E-state index in [2.05, 4.69) is 4.90 Å². The molecule has 0 spiro atoms. The van der Waals surface area contributed by atoms with Crippen molar-refractivity contribution in [1.82, 2.24) is 4.90 Å². The molecule has 2 rings (SSSR count). The van der Waals surface area contributed by atoms with Gasteiger partial charge in [-0.3, -0.25) is 4.90 Å². The van der Waals surface area contributed by atoms with Gasteiger partial charge in [0.15, 0.2) is 0 Å². The summed E-state index contributed by atoms with van der Waals surface area (Å²) in [4.78, 5) is 2.53. The van der Waals surface area contributed by atoms with E-state index in [1.807, 2.05) is 6.92 Å². The largest absolute Gasteiger partial charge is 0.390 e. The molecule has 0 amide bonds. The lowest BCUT2D eigenvalue weighted by Gasteiger charge is -2.38. The van der Waals surface area contributed by atoms with Gasteiger partial charge in [-0.2, -0.15) is 0 Å². The normalized spacial score (nSPS) is 42.9. The first kappa shape index (κ1) is 12.3. The maximum absolute atomic E-state index is 10.1. The van der Waals surface area contributed by atoms with Gasteiger partial charge in [-0.15, -0.1) is 0 Å². The van der Waals surface area contributed by atoms with E-state index in [1.165, 1.54) is 25.7 Å². The molecule has 94 valence electrons. The van der Waals surface area contributed by atoms with E-state index < -0.39 is 5.60 Å². The van der Waals surface area contributed by atoms with Crippen LogP contribution in [0.2, 0.25) is 0 Å². The van der Waals surface area contributed by atoms with E-state index >= 15 is 0 Å². The average molecular weight is 226 g/mol. The lowest BCUT2D eigenvalue weighted by Crippen LogP contribution is -2.50. The number of nitrogens with zero attached hydrogens (tertiary/aromatic N) is 1. The fourth-order valence-corrected chi connectivity index (χ4v) is 3.21. The SMILES string of the molecule is CC1(O)CCCN(C2CCCCC2N)CC1. The Labute approximate surface area is 99.0 Å². The number of likely N-dealkylation sites (tertiary alicyclic amines) is 1. The van der Waals surface area contributed by atoms with Gasteiger partial charge >= 0.3 is 0 Å². The molecule has 0 aromatic rings. The number of hydrogen-bond donors (Lipinski definition) is 2. The molecule has 0 bridgehead atoms. The van der Waals surface area contributed by atoms with Gasteiger partial charge in [-0.05, 0) is 45.6 Å². The minimum atomic E-state index is -0.451. The molecular weight excluding hydrogens is 200 g/mol. The molecule has 16 heavy (non-hydrogen) atoms. The molecule has 3 nitrogen and oxygen atoms in total. The summed E-state index contributed by atoms with van der Waals surface area (Å²) < 4.78 is 0. The Hall–Kier alpha value is -0.120. The molecule has 1 saturated heterocycles. The van der Waals surface area contributed by atoms with E-state index in [4.69, 9.17) is 5.73 Å². The van der Waals surface area contributed by atoms with Crippen molar-refractivity contribution in [2.75, 3.05) is 13.1 Å². The van der Waals surface area contributed by atoms with Crippen LogP contribution in [0, 0.1) is 0 Å². The van der Waals surface area contributed by atoms with Crippen LogP contribution in [0.1, 0.15) is 51.9 Å². The first-order chi connectivity index (χ1) is 7.58. The van der Waals surface area contributed by atoms with Crippen LogP contribution in [0.15, 0.2) is 0 Å². The second kappa shape index (κ2) is 5.03. The summed E-state index contributed by atoms with van der Waals surface area (Å²) in [6.45, 7) is 4.11. The van der Waals surface area contributed by atoms with Crippen molar-refractivity contribution in [3.05, 3.63) is 0 Å². The van der Waals surface area contributed by atoms with Gasteiger partial charge in [0.2, 0.25) is 0 Å². The van der Waals surface area contributed by atoms with Crippen molar-refractivity contribution in [2.45, 2.75) is 69.6 Å². The highest BCUT2D eigenvalue weighted by Crippen LogP contribution is 2.27.